The van der Waals surface area contributed by atoms with Crippen molar-refractivity contribution in [3.63, 3.8) is 0 Å². The van der Waals surface area contributed by atoms with E-state index in [-0.39, 0.29) is 14.9 Å². The van der Waals surface area contributed by atoms with Gasteiger partial charge in [-0.25, -0.2) is 13.4 Å². The molecular formula is C18H20Cl2N6O2S. The van der Waals surface area contributed by atoms with Gasteiger partial charge in [0.05, 0.1) is 10.0 Å². The van der Waals surface area contributed by atoms with Crippen LogP contribution < -0.4 is 4.90 Å². The van der Waals surface area contributed by atoms with E-state index in [9.17, 15) is 8.42 Å². The molecule has 154 valence electrons. The van der Waals surface area contributed by atoms with Crippen molar-refractivity contribution in [1.29, 1.82) is 0 Å². The van der Waals surface area contributed by atoms with Crippen LogP contribution in [-0.2, 0) is 16.4 Å². The lowest BCUT2D eigenvalue weighted by molar-refractivity contribution is 0.383. The number of benzene rings is 1. The minimum Gasteiger partial charge on any atom is -0.354 e. The molecule has 0 radical (unpaired) electrons. The summed E-state index contributed by atoms with van der Waals surface area (Å²) in [6.45, 7) is 3.73. The van der Waals surface area contributed by atoms with E-state index < -0.39 is 10.0 Å². The van der Waals surface area contributed by atoms with E-state index in [1.807, 2.05) is 6.07 Å². The molecule has 11 heteroatoms. The van der Waals surface area contributed by atoms with Gasteiger partial charge in [-0.3, -0.25) is 0 Å². The van der Waals surface area contributed by atoms with Crippen molar-refractivity contribution in [2.24, 2.45) is 0 Å². The second-order valence-corrected chi connectivity index (χ2v) is 9.46. The minimum absolute atomic E-state index is 0.0374. The molecule has 0 N–H and O–H groups in total. The molecule has 1 saturated heterocycles. The smallest absolute Gasteiger partial charge is 0.254 e. The molecule has 1 aliphatic heterocycles. The Kier molecular flexibility index (Phi) is 5.65. The predicted molar refractivity (Wildman–Crippen MR) is 112 cm³/mol. The van der Waals surface area contributed by atoms with Crippen molar-refractivity contribution in [3.05, 3.63) is 46.3 Å². The molecule has 0 bridgehead atoms. The maximum absolute atomic E-state index is 13.1. The Balaban J connectivity index is 1.59. The molecule has 0 spiro atoms. The van der Waals surface area contributed by atoms with Crippen LogP contribution in [0.4, 0.5) is 5.82 Å². The first-order chi connectivity index (χ1) is 13.9. The summed E-state index contributed by atoms with van der Waals surface area (Å²) >= 11 is 12.3. The Labute approximate surface area is 179 Å². The number of sulfonamides is 1. The Morgan fingerprint density at radius 2 is 1.79 bits per heavy atom. The molecule has 2 aromatic heterocycles. The van der Waals surface area contributed by atoms with Gasteiger partial charge in [-0.1, -0.05) is 42.6 Å². The largest absolute Gasteiger partial charge is 0.354 e. The second kappa shape index (κ2) is 8.06. The number of halogens is 2. The highest BCUT2D eigenvalue weighted by Crippen LogP contribution is 2.32. The molecule has 3 heterocycles. The topological polar surface area (TPSA) is 83.7 Å². The van der Waals surface area contributed by atoms with Gasteiger partial charge in [0.2, 0.25) is 10.0 Å². The summed E-state index contributed by atoms with van der Waals surface area (Å²) in [4.78, 5) is 10.8. The van der Waals surface area contributed by atoms with E-state index in [1.54, 1.807) is 10.6 Å². The van der Waals surface area contributed by atoms with E-state index in [4.69, 9.17) is 23.2 Å². The quantitative estimate of drug-likeness (QED) is 0.589. The zero-order chi connectivity index (χ0) is 20.6. The number of anilines is 1. The summed E-state index contributed by atoms with van der Waals surface area (Å²) in [5.74, 6) is 1.41. The molecule has 0 saturated carbocycles. The summed E-state index contributed by atoms with van der Waals surface area (Å²) in [6.07, 6.45) is 3.29. The van der Waals surface area contributed by atoms with Crippen LogP contribution in [0.25, 0.3) is 5.78 Å². The van der Waals surface area contributed by atoms with Crippen LogP contribution >= 0.6 is 23.2 Å². The third-order valence-electron chi connectivity index (χ3n) is 4.87. The molecule has 0 unspecified atom stereocenters. The number of aryl methyl sites for hydroxylation is 1. The zero-order valence-electron chi connectivity index (χ0n) is 15.8. The van der Waals surface area contributed by atoms with E-state index in [2.05, 4.69) is 26.9 Å². The Hall–Kier alpha value is -1.94. The van der Waals surface area contributed by atoms with Crippen LogP contribution in [0.1, 0.15) is 19.0 Å². The molecule has 4 rings (SSSR count). The first-order valence-corrected chi connectivity index (χ1v) is 11.5. The molecule has 0 amide bonds. The van der Waals surface area contributed by atoms with Crippen molar-refractivity contribution in [3.8, 4) is 0 Å². The molecule has 1 aromatic carbocycles. The van der Waals surface area contributed by atoms with Crippen LogP contribution in [0, 0.1) is 0 Å². The molecule has 0 atom stereocenters. The predicted octanol–water partition coefficient (Wildman–Crippen LogP) is 2.89. The number of aromatic nitrogens is 4. The third-order valence-corrected chi connectivity index (χ3v) is 7.73. The van der Waals surface area contributed by atoms with Crippen molar-refractivity contribution < 1.29 is 8.42 Å². The maximum Gasteiger partial charge on any atom is 0.254 e. The fourth-order valence-electron chi connectivity index (χ4n) is 3.47. The summed E-state index contributed by atoms with van der Waals surface area (Å²) in [5, 5.41) is 4.52. The van der Waals surface area contributed by atoms with E-state index in [1.165, 1.54) is 22.8 Å². The average Bonchev–Trinajstić information content (AvgIpc) is 3.16. The van der Waals surface area contributed by atoms with Gasteiger partial charge < -0.3 is 4.90 Å². The third kappa shape index (κ3) is 3.79. The Morgan fingerprint density at radius 1 is 1.10 bits per heavy atom. The highest BCUT2D eigenvalue weighted by Gasteiger charge is 2.32. The molecule has 1 fully saturated rings. The van der Waals surface area contributed by atoms with Crippen LogP contribution in [-0.4, -0.2) is 58.5 Å². The normalized spacial score (nSPS) is 15.9. The lowest BCUT2D eigenvalue weighted by Gasteiger charge is -2.35. The van der Waals surface area contributed by atoms with Crippen molar-refractivity contribution >= 4 is 44.8 Å². The molecular weight excluding hydrogens is 435 g/mol. The molecule has 8 nitrogen and oxygen atoms in total. The number of piperazine rings is 1. The lowest BCUT2D eigenvalue weighted by atomic mass is 10.2. The SMILES string of the molecule is CCCc1cc(N2CCN(S(=O)(=O)c3c(Cl)cccc3Cl)CC2)n2ncnc2n1. The number of fused-ring (bicyclic) bond motifs is 1. The van der Waals surface area contributed by atoms with Crippen LogP contribution in [0.3, 0.4) is 0 Å². The van der Waals surface area contributed by atoms with Gasteiger partial charge in [0, 0.05) is 37.9 Å². The van der Waals surface area contributed by atoms with Crippen molar-refractivity contribution in [2.75, 3.05) is 31.1 Å². The number of rotatable bonds is 5. The van der Waals surface area contributed by atoms with Gasteiger partial charge in [0.15, 0.2) is 0 Å². The Bertz CT molecular complexity index is 1120. The van der Waals surface area contributed by atoms with Crippen LogP contribution in [0.15, 0.2) is 35.5 Å². The summed E-state index contributed by atoms with van der Waals surface area (Å²) in [6, 6.07) is 6.69. The molecule has 3 aromatic rings. The van der Waals surface area contributed by atoms with Crippen molar-refractivity contribution in [1.82, 2.24) is 23.9 Å². The standard InChI is InChI=1S/C18H20Cl2N6O2S/c1-2-4-13-11-16(26-18(23-13)21-12-22-26)24-7-9-25(10-8-24)29(27,28)17-14(19)5-3-6-15(17)20/h3,5-6,11-12H,2,4,7-10H2,1H3. The summed E-state index contributed by atoms with van der Waals surface area (Å²) in [7, 11) is -3.78. The van der Waals surface area contributed by atoms with Gasteiger partial charge in [0.25, 0.3) is 5.78 Å². The van der Waals surface area contributed by atoms with E-state index in [0.717, 1.165) is 24.4 Å². The summed E-state index contributed by atoms with van der Waals surface area (Å²) in [5.41, 5.74) is 0.945. The molecule has 29 heavy (non-hydrogen) atoms. The van der Waals surface area contributed by atoms with Gasteiger partial charge in [-0.15, -0.1) is 0 Å². The van der Waals surface area contributed by atoms with Gasteiger partial charge in [-0.2, -0.15) is 18.9 Å². The highest BCUT2D eigenvalue weighted by atomic mass is 35.5. The fraction of sp³-hybridized carbons (Fsp3) is 0.389. The first-order valence-electron chi connectivity index (χ1n) is 9.30. The van der Waals surface area contributed by atoms with Crippen LogP contribution in [0.2, 0.25) is 10.0 Å². The first kappa shape index (κ1) is 20.3. The maximum atomic E-state index is 13.1. The van der Waals surface area contributed by atoms with Gasteiger partial charge >= 0.3 is 0 Å². The Morgan fingerprint density at radius 3 is 2.45 bits per heavy atom. The van der Waals surface area contributed by atoms with Crippen molar-refractivity contribution in [2.45, 2.75) is 24.7 Å². The number of hydrogen-bond donors (Lipinski definition) is 0. The average molecular weight is 455 g/mol. The second-order valence-electron chi connectivity index (χ2n) is 6.77. The van der Waals surface area contributed by atoms with Gasteiger partial charge in [-0.05, 0) is 18.6 Å². The molecule has 0 aliphatic carbocycles. The molecule has 1 aliphatic rings. The monoisotopic (exact) mass is 454 g/mol. The zero-order valence-corrected chi connectivity index (χ0v) is 18.1. The lowest BCUT2D eigenvalue weighted by Crippen LogP contribution is -2.49. The van der Waals surface area contributed by atoms with E-state index in [0.29, 0.717) is 32.0 Å². The number of hydrogen-bond acceptors (Lipinski definition) is 6. The highest BCUT2D eigenvalue weighted by molar-refractivity contribution is 7.89. The minimum atomic E-state index is -3.78. The van der Waals surface area contributed by atoms with Gasteiger partial charge in [0.1, 0.15) is 17.0 Å². The van der Waals surface area contributed by atoms with Crippen LogP contribution in [0.5, 0.6) is 0 Å². The fourth-order valence-corrected chi connectivity index (χ4v) is 5.98. The van der Waals surface area contributed by atoms with E-state index >= 15 is 0 Å². The number of nitrogens with zero attached hydrogens (tertiary/aromatic N) is 6. The summed E-state index contributed by atoms with van der Waals surface area (Å²) < 4.78 is 29.3.